The van der Waals surface area contributed by atoms with Crippen molar-refractivity contribution in [2.24, 2.45) is 0 Å². The van der Waals surface area contributed by atoms with E-state index in [0.717, 1.165) is 6.42 Å². The summed E-state index contributed by atoms with van der Waals surface area (Å²) in [5.41, 5.74) is 1.31. The number of hydrogen-bond donors (Lipinski definition) is 0. The van der Waals surface area contributed by atoms with Gasteiger partial charge in [0.1, 0.15) is 0 Å². The van der Waals surface area contributed by atoms with Gasteiger partial charge >= 0.3 is 0 Å². The number of rotatable bonds is 9. The molecule has 0 aromatic heterocycles. The minimum atomic E-state index is 1.16. The van der Waals surface area contributed by atoms with Gasteiger partial charge in [0.15, 0.2) is 0 Å². The molecule has 0 radical (unpaired) electrons. The zero-order valence-electron chi connectivity index (χ0n) is 10.3. The van der Waals surface area contributed by atoms with E-state index < -0.39 is 0 Å². The summed E-state index contributed by atoms with van der Waals surface area (Å²) in [5.74, 6) is 0. The first-order valence-electron chi connectivity index (χ1n) is 6.07. The Bertz CT molecular complexity index is 132. The molecule has 0 rings (SSSR count). The average Bonchev–Trinajstić information content (AvgIpc) is 2.16. The molecule has 0 atom stereocenters. The second-order valence-corrected chi connectivity index (χ2v) is 4.26. The van der Waals surface area contributed by atoms with Crippen LogP contribution in [-0.4, -0.2) is 24.5 Å². The van der Waals surface area contributed by atoms with Crippen LogP contribution in [0.15, 0.2) is 12.2 Å². The molecular formula is C13H27N. The van der Waals surface area contributed by atoms with Gasteiger partial charge in [0.25, 0.3) is 0 Å². The predicted molar refractivity (Wildman–Crippen MR) is 65.7 cm³/mol. The topological polar surface area (TPSA) is 3.24 Å². The van der Waals surface area contributed by atoms with Gasteiger partial charge < -0.3 is 4.90 Å². The van der Waals surface area contributed by atoms with E-state index in [9.17, 15) is 0 Å². The van der Waals surface area contributed by atoms with Gasteiger partial charge in [0.2, 0.25) is 0 Å². The second-order valence-electron chi connectivity index (χ2n) is 4.26. The lowest BCUT2D eigenvalue weighted by atomic mass is 10.2. The Balaban J connectivity index is 3.65. The lowest BCUT2D eigenvalue weighted by molar-refractivity contribution is 0.268. The van der Waals surface area contributed by atoms with E-state index in [-0.39, 0.29) is 0 Å². The summed E-state index contributed by atoms with van der Waals surface area (Å²) >= 11 is 0. The molecule has 0 unspecified atom stereocenters. The first-order chi connectivity index (χ1) is 6.70. The van der Waals surface area contributed by atoms with E-state index in [2.05, 4.69) is 32.3 Å². The molecule has 0 aromatic carbocycles. The molecule has 0 spiro atoms. The summed E-state index contributed by atoms with van der Waals surface area (Å²) in [4.78, 5) is 2.58. The van der Waals surface area contributed by atoms with Crippen molar-refractivity contribution >= 4 is 0 Å². The van der Waals surface area contributed by atoms with Crippen molar-refractivity contribution in [2.75, 3.05) is 19.6 Å². The molecule has 0 saturated carbocycles. The predicted octanol–water partition coefficient (Wildman–Crippen LogP) is 3.85. The van der Waals surface area contributed by atoms with Crippen molar-refractivity contribution in [3.05, 3.63) is 12.2 Å². The molecule has 1 nitrogen and oxygen atoms in total. The third-order valence-corrected chi connectivity index (χ3v) is 2.51. The van der Waals surface area contributed by atoms with Crippen molar-refractivity contribution in [1.29, 1.82) is 0 Å². The van der Waals surface area contributed by atoms with E-state index >= 15 is 0 Å². The van der Waals surface area contributed by atoms with E-state index in [1.54, 1.807) is 0 Å². The van der Waals surface area contributed by atoms with Gasteiger partial charge in [0.05, 0.1) is 0 Å². The maximum absolute atomic E-state index is 3.96. The van der Waals surface area contributed by atoms with E-state index in [1.165, 1.54) is 50.9 Å². The third kappa shape index (κ3) is 8.31. The van der Waals surface area contributed by atoms with Gasteiger partial charge in [-0.3, -0.25) is 0 Å². The quantitative estimate of drug-likeness (QED) is 0.507. The zero-order chi connectivity index (χ0) is 10.8. The summed E-state index contributed by atoms with van der Waals surface area (Å²) in [7, 11) is 0. The SMILES string of the molecule is C=C(C)CCN(CCCC)CCCC. The van der Waals surface area contributed by atoms with Crippen LogP contribution in [0.2, 0.25) is 0 Å². The highest BCUT2D eigenvalue weighted by atomic mass is 15.1. The number of nitrogens with zero attached hydrogens (tertiary/aromatic N) is 1. The van der Waals surface area contributed by atoms with Gasteiger partial charge in [-0.05, 0) is 39.3 Å². The van der Waals surface area contributed by atoms with Crippen LogP contribution in [0.1, 0.15) is 52.9 Å². The molecule has 0 bridgehead atoms. The molecule has 0 aliphatic rings. The van der Waals surface area contributed by atoms with Crippen molar-refractivity contribution in [3.8, 4) is 0 Å². The van der Waals surface area contributed by atoms with Crippen LogP contribution < -0.4 is 0 Å². The fraction of sp³-hybridized carbons (Fsp3) is 0.846. The van der Waals surface area contributed by atoms with Gasteiger partial charge in [0, 0.05) is 6.54 Å². The normalized spacial score (nSPS) is 10.9. The summed E-state index contributed by atoms with van der Waals surface area (Å²) < 4.78 is 0. The highest BCUT2D eigenvalue weighted by Gasteiger charge is 2.02. The summed E-state index contributed by atoms with van der Waals surface area (Å²) in [6.45, 7) is 14.3. The molecule has 0 N–H and O–H groups in total. The molecule has 0 saturated heterocycles. The van der Waals surface area contributed by atoms with E-state index in [0.29, 0.717) is 0 Å². The molecule has 0 heterocycles. The molecule has 84 valence electrons. The Labute approximate surface area is 90.2 Å². The Hall–Kier alpha value is -0.300. The van der Waals surface area contributed by atoms with Crippen LogP contribution in [0.5, 0.6) is 0 Å². The summed E-state index contributed by atoms with van der Waals surface area (Å²) in [5, 5.41) is 0. The maximum Gasteiger partial charge on any atom is 0.00184 e. The van der Waals surface area contributed by atoms with Crippen LogP contribution in [0.3, 0.4) is 0 Å². The van der Waals surface area contributed by atoms with Gasteiger partial charge in [-0.2, -0.15) is 0 Å². The van der Waals surface area contributed by atoms with E-state index in [4.69, 9.17) is 0 Å². The third-order valence-electron chi connectivity index (χ3n) is 2.51. The van der Waals surface area contributed by atoms with Crippen LogP contribution in [0.25, 0.3) is 0 Å². The Morgan fingerprint density at radius 3 is 1.86 bits per heavy atom. The van der Waals surface area contributed by atoms with E-state index in [1.807, 2.05) is 0 Å². The maximum atomic E-state index is 3.96. The van der Waals surface area contributed by atoms with Crippen molar-refractivity contribution in [1.82, 2.24) is 4.90 Å². The lowest BCUT2D eigenvalue weighted by Crippen LogP contribution is -2.27. The Morgan fingerprint density at radius 1 is 1.00 bits per heavy atom. The molecule has 0 fully saturated rings. The number of unbranched alkanes of at least 4 members (excludes halogenated alkanes) is 2. The van der Waals surface area contributed by atoms with Crippen LogP contribution in [0, 0.1) is 0 Å². The average molecular weight is 197 g/mol. The van der Waals surface area contributed by atoms with Crippen LogP contribution >= 0.6 is 0 Å². The molecular weight excluding hydrogens is 170 g/mol. The Morgan fingerprint density at radius 2 is 1.50 bits per heavy atom. The largest absolute Gasteiger partial charge is 0.303 e. The van der Waals surface area contributed by atoms with Crippen molar-refractivity contribution < 1.29 is 0 Å². The van der Waals surface area contributed by atoms with Crippen LogP contribution in [-0.2, 0) is 0 Å². The molecule has 1 heteroatoms. The first-order valence-corrected chi connectivity index (χ1v) is 6.07. The van der Waals surface area contributed by atoms with Crippen LogP contribution in [0.4, 0.5) is 0 Å². The minimum Gasteiger partial charge on any atom is -0.303 e. The monoisotopic (exact) mass is 197 g/mol. The molecule has 0 amide bonds. The lowest BCUT2D eigenvalue weighted by Gasteiger charge is -2.21. The highest BCUT2D eigenvalue weighted by Crippen LogP contribution is 2.03. The molecule has 14 heavy (non-hydrogen) atoms. The van der Waals surface area contributed by atoms with Gasteiger partial charge in [-0.15, -0.1) is 6.58 Å². The van der Waals surface area contributed by atoms with Crippen molar-refractivity contribution in [2.45, 2.75) is 52.9 Å². The summed E-state index contributed by atoms with van der Waals surface area (Å²) in [6, 6.07) is 0. The Kier molecular flexibility index (Phi) is 9.06. The van der Waals surface area contributed by atoms with Gasteiger partial charge in [-0.1, -0.05) is 32.3 Å². The standard InChI is InChI=1S/C13H27N/c1-5-7-10-14(11-8-6-2)12-9-13(3)4/h3,5-12H2,1-2,4H3. The molecule has 0 aliphatic heterocycles. The smallest absolute Gasteiger partial charge is 0.00184 e. The number of hydrogen-bond acceptors (Lipinski definition) is 1. The molecule has 0 aliphatic carbocycles. The second kappa shape index (κ2) is 9.26. The highest BCUT2D eigenvalue weighted by molar-refractivity contribution is 4.88. The minimum absolute atomic E-state index is 1.16. The van der Waals surface area contributed by atoms with Gasteiger partial charge in [-0.25, -0.2) is 0 Å². The summed E-state index contributed by atoms with van der Waals surface area (Å²) in [6.07, 6.45) is 6.43. The zero-order valence-corrected chi connectivity index (χ0v) is 10.3. The molecule has 0 aromatic rings. The fourth-order valence-electron chi connectivity index (χ4n) is 1.45. The van der Waals surface area contributed by atoms with Crippen molar-refractivity contribution in [3.63, 3.8) is 0 Å². The fourth-order valence-corrected chi connectivity index (χ4v) is 1.45. The first kappa shape index (κ1) is 13.7.